The molecule has 0 atom stereocenters. The predicted molar refractivity (Wildman–Crippen MR) is 76.8 cm³/mol. The number of aromatic nitrogens is 1. The van der Waals surface area contributed by atoms with Gasteiger partial charge < -0.3 is 10.1 Å². The number of para-hydroxylation sites is 2. The summed E-state index contributed by atoms with van der Waals surface area (Å²) in [6.07, 6.45) is 1.57. The smallest absolute Gasteiger partial charge is 0.311 e. The Bertz CT molecular complexity index is 715. The molecule has 1 N–H and O–H groups in total. The van der Waals surface area contributed by atoms with Crippen LogP contribution in [0.1, 0.15) is 5.56 Å². The highest BCUT2D eigenvalue weighted by atomic mass is 16.6. The van der Waals surface area contributed by atoms with E-state index in [1.807, 2.05) is 6.07 Å². The van der Waals surface area contributed by atoms with E-state index in [1.54, 1.807) is 30.5 Å². The van der Waals surface area contributed by atoms with Gasteiger partial charge in [0.15, 0.2) is 0 Å². The molecule has 7 nitrogen and oxygen atoms in total. The highest BCUT2D eigenvalue weighted by molar-refractivity contribution is 6.01. The van der Waals surface area contributed by atoms with E-state index in [4.69, 9.17) is 4.74 Å². The third-order valence-electron chi connectivity index (χ3n) is 2.97. The molecule has 0 bridgehead atoms. The van der Waals surface area contributed by atoms with Gasteiger partial charge in [0.1, 0.15) is 5.84 Å². The maximum absolute atomic E-state index is 11.0. The predicted octanol–water partition coefficient (Wildman–Crippen LogP) is 2.13. The monoisotopic (exact) mass is 284 g/mol. The number of pyridine rings is 1. The average molecular weight is 284 g/mol. The first-order valence-electron chi connectivity index (χ1n) is 6.40. The van der Waals surface area contributed by atoms with E-state index in [0.717, 1.165) is 6.54 Å². The third kappa shape index (κ3) is 2.66. The molecule has 0 amide bonds. The number of hydrogen-bond acceptors (Lipinski definition) is 6. The summed E-state index contributed by atoms with van der Waals surface area (Å²) in [5.41, 5.74) is 0.587. The summed E-state index contributed by atoms with van der Waals surface area (Å²) >= 11 is 0. The van der Waals surface area contributed by atoms with E-state index in [1.165, 1.54) is 6.07 Å². The number of hydrogen-bond donors (Lipinski definition) is 1. The van der Waals surface area contributed by atoms with E-state index in [9.17, 15) is 10.1 Å². The molecule has 1 aromatic heterocycles. The molecule has 0 radical (unpaired) electrons. The van der Waals surface area contributed by atoms with Crippen LogP contribution in [0, 0.1) is 10.1 Å². The molecular weight excluding hydrogens is 272 g/mol. The number of nitro groups is 1. The lowest BCUT2D eigenvalue weighted by atomic mass is 10.2. The fraction of sp³-hybridized carbons (Fsp3) is 0.143. The second kappa shape index (κ2) is 5.58. The van der Waals surface area contributed by atoms with Crippen LogP contribution < -0.4 is 10.1 Å². The largest absolute Gasteiger partial charge is 0.431 e. The lowest BCUT2D eigenvalue weighted by Gasteiger charge is -2.10. The number of aliphatic imine (C=N–C) groups is 1. The first-order valence-corrected chi connectivity index (χ1v) is 6.40. The van der Waals surface area contributed by atoms with E-state index < -0.39 is 4.92 Å². The van der Waals surface area contributed by atoms with Crippen LogP contribution in [0.2, 0.25) is 0 Å². The minimum Gasteiger partial charge on any atom is -0.431 e. The first kappa shape index (κ1) is 13.0. The van der Waals surface area contributed by atoms with E-state index in [0.29, 0.717) is 23.8 Å². The van der Waals surface area contributed by atoms with Crippen molar-refractivity contribution in [2.24, 2.45) is 4.99 Å². The Balaban J connectivity index is 1.98. The number of nitro benzene ring substituents is 1. The van der Waals surface area contributed by atoms with Crippen molar-refractivity contribution in [3.8, 4) is 11.6 Å². The van der Waals surface area contributed by atoms with Gasteiger partial charge in [-0.1, -0.05) is 12.1 Å². The Morgan fingerprint density at radius 3 is 2.86 bits per heavy atom. The lowest BCUT2D eigenvalue weighted by molar-refractivity contribution is -0.385. The summed E-state index contributed by atoms with van der Waals surface area (Å²) in [5, 5.41) is 14.2. The number of ether oxygens (including phenoxy) is 1. The summed E-state index contributed by atoms with van der Waals surface area (Å²) in [4.78, 5) is 19.0. The van der Waals surface area contributed by atoms with Gasteiger partial charge in [-0.2, -0.15) is 0 Å². The Morgan fingerprint density at radius 1 is 1.24 bits per heavy atom. The van der Waals surface area contributed by atoms with Crippen molar-refractivity contribution in [3.05, 3.63) is 58.3 Å². The minimum absolute atomic E-state index is 0.101. The van der Waals surface area contributed by atoms with Gasteiger partial charge in [-0.05, 0) is 18.2 Å². The summed E-state index contributed by atoms with van der Waals surface area (Å²) < 4.78 is 5.64. The van der Waals surface area contributed by atoms with Crippen LogP contribution >= 0.6 is 0 Å². The van der Waals surface area contributed by atoms with Crippen LogP contribution in [0.3, 0.4) is 0 Å². The quantitative estimate of drug-likeness (QED) is 0.686. The second-order valence-electron chi connectivity index (χ2n) is 4.34. The Kier molecular flexibility index (Phi) is 3.46. The van der Waals surface area contributed by atoms with E-state index in [2.05, 4.69) is 15.3 Å². The molecule has 0 spiro atoms. The Hall–Kier alpha value is -2.96. The van der Waals surface area contributed by atoms with Crippen LogP contribution in [0.25, 0.3) is 0 Å². The minimum atomic E-state index is -0.483. The fourth-order valence-electron chi connectivity index (χ4n) is 2.03. The van der Waals surface area contributed by atoms with Gasteiger partial charge in [0.05, 0.1) is 17.0 Å². The maximum Gasteiger partial charge on any atom is 0.311 e. The van der Waals surface area contributed by atoms with Gasteiger partial charge in [0, 0.05) is 18.8 Å². The third-order valence-corrected chi connectivity index (χ3v) is 2.97. The van der Waals surface area contributed by atoms with Crippen LogP contribution in [-0.4, -0.2) is 28.8 Å². The number of benzene rings is 1. The van der Waals surface area contributed by atoms with Crippen molar-refractivity contribution in [1.82, 2.24) is 10.3 Å². The maximum atomic E-state index is 11.0. The number of amidine groups is 1. The lowest BCUT2D eigenvalue weighted by Crippen LogP contribution is -2.20. The van der Waals surface area contributed by atoms with Gasteiger partial charge in [-0.25, -0.2) is 4.98 Å². The van der Waals surface area contributed by atoms with E-state index in [-0.39, 0.29) is 11.4 Å². The Morgan fingerprint density at radius 2 is 2.10 bits per heavy atom. The molecule has 2 heterocycles. The zero-order valence-electron chi connectivity index (χ0n) is 11.0. The SMILES string of the molecule is O=[N+]([O-])c1ccccc1Oc1ncccc1C1=NCCN1. The molecule has 2 aromatic rings. The molecule has 0 saturated carbocycles. The second-order valence-corrected chi connectivity index (χ2v) is 4.34. The molecule has 1 aliphatic rings. The zero-order chi connectivity index (χ0) is 14.7. The molecule has 0 saturated heterocycles. The molecule has 21 heavy (non-hydrogen) atoms. The molecule has 3 rings (SSSR count). The van der Waals surface area contributed by atoms with Crippen molar-refractivity contribution in [3.63, 3.8) is 0 Å². The van der Waals surface area contributed by atoms with Gasteiger partial charge in [-0.15, -0.1) is 0 Å². The highest BCUT2D eigenvalue weighted by Gasteiger charge is 2.19. The zero-order valence-corrected chi connectivity index (χ0v) is 11.0. The fourth-order valence-corrected chi connectivity index (χ4v) is 2.03. The van der Waals surface area contributed by atoms with Crippen LogP contribution in [0.4, 0.5) is 5.69 Å². The molecule has 0 unspecified atom stereocenters. The van der Waals surface area contributed by atoms with Gasteiger partial charge in [-0.3, -0.25) is 15.1 Å². The molecule has 0 fully saturated rings. The Labute approximate surface area is 120 Å². The number of nitrogens with zero attached hydrogens (tertiary/aromatic N) is 3. The highest BCUT2D eigenvalue weighted by Crippen LogP contribution is 2.31. The number of rotatable bonds is 4. The first-order chi connectivity index (χ1) is 10.3. The van der Waals surface area contributed by atoms with Crippen molar-refractivity contribution in [2.75, 3.05) is 13.1 Å². The van der Waals surface area contributed by atoms with Crippen molar-refractivity contribution in [2.45, 2.75) is 0 Å². The average Bonchev–Trinajstić information content (AvgIpc) is 3.02. The summed E-state index contributed by atoms with van der Waals surface area (Å²) in [6, 6.07) is 9.78. The van der Waals surface area contributed by atoms with E-state index >= 15 is 0 Å². The summed E-state index contributed by atoms with van der Waals surface area (Å²) in [5.74, 6) is 1.14. The summed E-state index contributed by atoms with van der Waals surface area (Å²) in [6.45, 7) is 1.45. The molecule has 106 valence electrons. The molecule has 1 aliphatic heterocycles. The van der Waals surface area contributed by atoms with Gasteiger partial charge >= 0.3 is 5.69 Å². The van der Waals surface area contributed by atoms with Crippen molar-refractivity contribution < 1.29 is 9.66 Å². The summed E-state index contributed by atoms with van der Waals surface area (Å²) in [7, 11) is 0. The van der Waals surface area contributed by atoms with Crippen LogP contribution in [0.15, 0.2) is 47.6 Å². The molecule has 7 heteroatoms. The topological polar surface area (TPSA) is 89.7 Å². The van der Waals surface area contributed by atoms with Crippen molar-refractivity contribution in [1.29, 1.82) is 0 Å². The van der Waals surface area contributed by atoms with Crippen molar-refractivity contribution >= 4 is 11.5 Å². The van der Waals surface area contributed by atoms with Crippen LogP contribution in [0.5, 0.6) is 11.6 Å². The van der Waals surface area contributed by atoms with Gasteiger partial charge in [0.25, 0.3) is 0 Å². The van der Waals surface area contributed by atoms with Gasteiger partial charge in [0.2, 0.25) is 11.6 Å². The molecule has 1 aromatic carbocycles. The molecular formula is C14H12N4O3. The normalized spacial score (nSPS) is 13.4. The number of nitrogens with one attached hydrogen (secondary N) is 1. The molecule has 0 aliphatic carbocycles. The standard InChI is InChI=1S/C14H12N4O3/c19-18(20)11-5-1-2-6-12(11)21-14-10(4-3-7-17-14)13-15-8-9-16-13/h1-7H,8-9H2,(H,15,16). The van der Waals surface area contributed by atoms with Crippen LogP contribution in [-0.2, 0) is 0 Å².